The topological polar surface area (TPSA) is 52.8 Å². The normalized spacial score (nSPS) is 11.6. The first-order valence-corrected chi connectivity index (χ1v) is 8.47. The maximum absolute atomic E-state index is 13.4. The van der Waals surface area contributed by atoms with Gasteiger partial charge in [0, 0.05) is 37.0 Å². The molecule has 2 rings (SSSR count). The van der Waals surface area contributed by atoms with Crippen LogP contribution < -0.4 is 5.32 Å². The molecule has 1 aromatic heterocycles. The van der Waals surface area contributed by atoms with Gasteiger partial charge in [0.1, 0.15) is 0 Å². The molecule has 7 heteroatoms. The van der Waals surface area contributed by atoms with Gasteiger partial charge in [-0.05, 0) is 46.6 Å². The number of halogens is 2. The van der Waals surface area contributed by atoms with Crippen LogP contribution in [0.4, 0.5) is 4.39 Å². The summed E-state index contributed by atoms with van der Waals surface area (Å²) in [5, 5.41) is 12.5. The molecule has 0 bridgehead atoms. The molecule has 0 amide bonds. The van der Waals surface area contributed by atoms with Crippen molar-refractivity contribution in [1.82, 2.24) is 14.8 Å². The SMILES string of the molecule is CCNC(=NCc1ccc(O)c(F)c1)N(C)Cc1cc(Br)cn1C. The maximum atomic E-state index is 13.4. The Morgan fingerprint density at radius 2 is 2.17 bits per heavy atom. The van der Waals surface area contributed by atoms with Crippen LogP contribution >= 0.6 is 15.9 Å². The van der Waals surface area contributed by atoms with Crippen molar-refractivity contribution in [2.45, 2.75) is 20.0 Å². The van der Waals surface area contributed by atoms with Crippen molar-refractivity contribution in [3.05, 3.63) is 52.0 Å². The highest BCUT2D eigenvalue weighted by molar-refractivity contribution is 9.10. The summed E-state index contributed by atoms with van der Waals surface area (Å²) in [6.45, 7) is 3.77. The first-order valence-electron chi connectivity index (χ1n) is 7.68. The Labute approximate surface area is 149 Å². The molecular weight excluding hydrogens is 375 g/mol. The van der Waals surface area contributed by atoms with E-state index in [0.29, 0.717) is 18.7 Å². The molecule has 130 valence electrons. The Hall–Kier alpha value is -2.02. The molecule has 0 aliphatic heterocycles. The quantitative estimate of drug-likeness (QED) is 0.602. The number of phenols is 1. The summed E-state index contributed by atoms with van der Waals surface area (Å²) in [4.78, 5) is 6.57. The van der Waals surface area contributed by atoms with E-state index in [4.69, 9.17) is 0 Å². The fourth-order valence-electron chi connectivity index (χ4n) is 2.33. The van der Waals surface area contributed by atoms with Gasteiger partial charge in [-0.2, -0.15) is 0 Å². The molecule has 0 radical (unpaired) electrons. The Kier molecular flexibility index (Phi) is 6.25. The van der Waals surface area contributed by atoms with E-state index >= 15 is 0 Å². The van der Waals surface area contributed by atoms with Gasteiger partial charge in [-0.1, -0.05) is 6.07 Å². The zero-order valence-corrected chi connectivity index (χ0v) is 15.6. The highest BCUT2D eigenvalue weighted by Crippen LogP contribution is 2.17. The highest BCUT2D eigenvalue weighted by atomic mass is 79.9. The van der Waals surface area contributed by atoms with Crippen LogP contribution in [0.2, 0.25) is 0 Å². The summed E-state index contributed by atoms with van der Waals surface area (Å²) in [5.74, 6) is -0.237. The minimum Gasteiger partial charge on any atom is -0.505 e. The molecule has 1 aromatic carbocycles. The Balaban J connectivity index is 2.11. The van der Waals surface area contributed by atoms with Crippen LogP contribution in [0.25, 0.3) is 0 Å². The smallest absolute Gasteiger partial charge is 0.194 e. The third-order valence-electron chi connectivity index (χ3n) is 3.59. The van der Waals surface area contributed by atoms with E-state index in [2.05, 4.69) is 36.9 Å². The molecule has 0 saturated heterocycles. The van der Waals surface area contributed by atoms with Crippen molar-refractivity contribution in [3.63, 3.8) is 0 Å². The number of benzene rings is 1. The molecule has 0 spiro atoms. The summed E-state index contributed by atoms with van der Waals surface area (Å²) >= 11 is 3.47. The second-order valence-corrected chi connectivity index (χ2v) is 6.49. The van der Waals surface area contributed by atoms with Crippen LogP contribution in [0.5, 0.6) is 5.75 Å². The lowest BCUT2D eigenvalue weighted by Crippen LogP contribution is -2.38. The third-order valence-corrected chi connectivity index (χ3v) is 4.03. The van der Waals surface area contributed by atoms with E-state index in [0.717, 1.165) is 22.7 Å². The second-order valence-electron chi connectivity index (χ2n) is 5.57. The number of aromatic hydroxyl groups is 1. The van der Waals surface area contributed by atoms with Crippen molar-refractivity contribution in [3.8, 4) is 5.75 Å². The second kappa shape index (κ2) is 8.19. The van der Waals surface area contributed by atoms with Gasteiger partial charge in [0.2, 0.25) is 0 Å². The zero-order chi connectivity index (χ0) is 17.7. The van der Waals surface area contributed by atoms with E-state index in [1.54, 1.807) is 6.07 Å². The molecule has 2 N–H and O–H groups in total. The first-order chi connectivity index (χ1) is 11.4. The minimum absolute atomic E-state index is 0.334. The summed E-state index contributed by atoms with van der Waals surface area (Å²) in [6.07, 6.45) is 2.01. The van der Waals surface area contributed by atoms with Crippen molar-refractivity contribution < 1.29 is 9.50 Å². The molecule has 1 heterocycles. The van der Waals surface area contributed by atoms with Gasteiger partial charge in [-0.3, -0.25) is 0 Å². The van der Waals surface area contributed by atoms with E-state index in [-0.39, 0.29) is 5.75 Å². The zero-order valence-electron chi connectivity index (χ0n) is 14.1. The third kappa shape index (κ3) is 4.74. The van der Waals surface area contributed by atoms with Gasteiger partial charge in [0.05, 0.1) is 13.1 Å². The molecule has 0 fully saturated rings. The summed E-state index contributed by atoms with van der Waals surface area (Å²) in [6, 6.07) is 6.38. The molecule has 0 saturated carbocycles. The minimum atomic E-state index is -0.630. The van der Waals surface area contributed by atoms with Crippen molar-refractivity contribution in [2.24, 2.45) is 12.0 Å². The number of guanidine groups is 1. The highest BCUT2D eigenvalue weighted by Gasteiger charge is 2.10. The van der Waals surface area contributed by atoms with Gasteiger partial charge < -0.3 is 19.9 Å². The van der Waals surface area contributed by atoms with Gasteiger partial charge in [-0.25, -0.2) is 9.38 Å². The van der Waals surface area contributed by atoms with Crippen molar-refractivity contribution in [1.29, 1.82) is 0 Å². The lowest BCUT2D eigenvalue weighted by molar-refractivity contribution is 0.431. The molecule has 0 aliphatic carbocycles. The standard InChI is InChI=1S/C17H22BrFN4O/c1-4-20-17(21-9-12-5-6-16(24)15(19)7-12)23(3)11-14-8-13(18)10-22(14)2/h5-8,10,24H,4,9,11H2,1-3H3,(H,20,21). The molecular formula is C17H22BrFN4O. The predicted molar refractivity (Wildman–Crippen MR) is 97.5 cm³/mol. The van der Waals surface area contributed by atoms with E-state index in [9.17, 15) is 9.50 Å². The Bertz CT molecular complexity index is 729. The average Bonchev–Trinajstić information content (AvgIpc) is 2.84. The van der Waals surface area contributed by atoms with Crippen LogP contribution in [0.1, 0.15) is 18.2 Å². The number of aromatic nitrogens is 1. The van der Waals surface area contributed by atoms with E-state index in [1.807, 2.05) is 32.1 Å². The number of aliphatic imine (C=N–C) groups is 1. The summed E-state index contributed by atoms with van der Waals surface area (Å²) < 4.78 is 16.5. The monoisotopic (exact) mass is 396 g/mol. The largest absolute Gasteiger partial charge is 0.505 e. The number of hydrogen-bond acceptors (Lipinski definition) is 2. The van der Waals surface area contributed by atoms with Crippen LogP contribution in [-0.4, -0.2) is 34.1 Å². The van der Waals surface area contributed by atoms with E-state index in [1.165, 1.54) is 12.1 Å². The number of aryl methyl sites for hydroxylation is 1. The van der Waals surface area contributed by atoms with Crippen LogP contribution in [0, 0.1) is 5.82 Å². The fourth-order valence-corrected chi connectivity index (χ4v) is 2.90. The van der Waals surface area contributed by atoms with Crippen LogP contribution in [0.15, 0.2) is 39.9 Å². The van der Waals surface area contributed by atoms with Crippen molar-refractivity contribution in [2.75, 3.05) is 13.6 Å². The lowest BCUT2D eigenvalue weighted by Gasteiger charge is -2.22. The molecule has 0 aliphatic rings. The summed E-state index contributed by atoms with van der Waals surface area (Å²) in [7, 11) is 3.96. The Morgan fingerprint density at radius 3 is 2.75 bits per heavy atom. The van der Waals surface area contributed by atoms with Gasteiger partial charge in [-0.15, -0.1) is 0 Å². The molecule has 5 nitrogen and oxygen atoms in total. The van der Waals surface area contributed by atoms with Gasteiger partial charge >= 0.3 is 0 Å². The van der Waals surface area contributed by atoms with Gasteiger partial charge in [0.25, 0.3) is 0 Å². The number of hydrogen-bond donors (Lipinski definition) is 2. The van der Waals surface area contributed by atoms with Crippen LogP contribution in [0.3, 0.4) is 0 Å². The first kappa shape index (κ1) is 18.3. The molecule has 24 heavy (non-hydrogen) atoms. The Morgan fingerprint density at radius 1 is 1.42 bits per heavy atom. The van der Waals surface area contributed by atoms with Crippen LogP contribution in [-0.2, 0) is 20.1 Å². The van der Waals surface area contributed by atoms with E-state index < -0.39 is 5.82 Å². The predicted octanol–water partition coefficient (Wildman–Crippen LogP) is 3.23. The molecule has 0 unspecified atom stereocenters. The molecule has 0 atom stereocenters. The number of nitrogens with one attached hydrogen (secondary N) is 1. The number of rotatable bonds is 5. The maximum Gasteiger partial charge on any atom is 0.194 e. The number of nitrogens with zero attached hydrogens (tertiary/aromatic N) is 3. The van der Waals surface area contributed by atoms with Gasteiger partial charge in [0.15, 0.2) is 17.5 Å². The number of phenolic OH excluding ortho intramolecular Hbond substituents is 1. The fraction of sp³-hybridized carbons (Fsp3) is 0.353. The summed E-state index contributed by atoms with van der Waals surface area (Å²) in [5.41, 5.74) is 1.85. The van der Waals surface area contributed by atoms with Crippen molar-refractivity contribution >= 4 is 21.9 Å². The molecule has 2 aromatic rings. The lowest BCUT2D eigenvalue weighted by atomic mass is 10.2. The average molecular weight is 397 g/mol.